The second-order valence-corrected chi connectivity index (χ2v) is 4.83. The van der Waals surface area contributed by atoms with Gasteiger partial charge < -0.3 is 15.5 Å². The zero-order valence-corrected chi connectivity index (χ0v) is 9.89. The zero-order chi connectivity index (χ0) is 12.8. The van der Waals surface area contributed by atoms with Gasteiger partial charge in [0, 0.05) is 6.20 Å². The molecule has 0 aromatic carbocycles. The molecule has 0 aliphatic carbocycles. The first-order valence-corrected chi connectivity index (χ1v) is 5.05. The Kier molecular flexibility index (Phi) is 2.18. The fourth-order valence-electron chi connectivity index (χ4n) is 2.26. The Bertz CT molecular complexity index is 508. The Morgan fingerprint density at radius 3 is 2.65 bits per heavy atom. The minimum absolute atomic E-state index is 0.0501. The summed E-state index contributed by atoms with van der Waals surface area (Å²) >= 11 is 0. The molecule has 17 heavy (non-hydrogen) atoms. The number of nitrogens with zero attached hydrogens (tertiary/aromatic N) is 3. The number of amides is 2. The third-order valence-corrected chi connectivity index (χ3v) is 3.03. The minimum Gasteiger partial charge on any atom is -0.363 e. The fourth-order valence-corrected chi connectivity index (χ4v) is 2.26. The van der Waals surface area contributed by atoms with Crippen LogP contribution in [0.15, 0.2) is 12.5 Å². The van der Waals surface area contributed by atoms with Gasteiger partial charge in [0.15, 0.2) is 0 Å². The number of primary amides is 1. The highest BCUT2D eigenvalue weighted by atomic mass is 16.2. The maximum Gasteiger partial charge on any atom is 0.302 e. The number of anilines is 1. The molecule has 90 valence electrons. The van der Waals surface area contributed by atoms with Gasteiger partial charge in [-0.2, -0.15) is 0 Å². The number of quaternary nitrogens is 1. The highest BCUT2D eigenvalue weighted by molar-refractivity contribution is 6.18. The summed E-state index contributed by atoms with van der Waals surface area (Å²) in [5.74, 6) is -0.832. The number of fused-ring (bicyclic) bond motifs is 1. The van der Waals surface area contributed by atoms with E-state index in [0.29, 0.717) is 11.4 Å². The van der Waals surface area contributed by atoms with Crippen LogP contribution in [0.4, 0.5) is 5.82 Å². The molecule has 0 spiro atoms. The molecule has 0 bridgehead atoms. The van der Waals surface area contributed by atoms with Gasteiger partial charge in [0.05, 0.1) is 26.7 Å². The van der Waals surface area contributed by atoms with Crippen LogP contribution in [0.1, 0.15) is 5.56 Å². The van der Waals surface area contributed by atoms with Gasteiger partial charge in [-0.25, -0.2) is 9.97 Å². The smallest absolute Gasteiger partial charge is 0.302 e. The first-order valence-electron chi connectivity index (χ1n) is 5.05. The van der Waals surface area contributed by atoms with Crippen molar-refractivity contribution >= 4 is 17.6 Å². The van der Waals surface area contributed by atoms with E-state index in [-0.39, 0.29) is 4.48 Å². The number of carbonyl (C=O) groups excluding carboxylic acids is 2. The Balaban J connectivity index is 2.78. The maximum absolute atomic E-state index is 12.1. The molecule has 1 aliphatic heterocycles. The van der Waals surface area contributed by atoms with Gasteiger partial charge in [0.25, 0.3) is 11.4 Å². The summed E-state index contributed by atoms with van der Waals surface area (Å²) in [7, 11) is 5.19. The van der Waals surface area contributed by atoms with Gasteiger partial charge in [-0.3, -0.25) is 9.59 Å². The molecule has 1 aromatic heterocycles. The monoisotopic (exact) mass is 236 g/mol. The Labute approximate surface area is 98.2 Å². The summed E-state index contributed by atoms with van der Waals surface area (Å²) in [5.41, 5.74) is 4.40. The Morgan fingerprint density at radius 1 is 1.47 bits per heavy atom. The second kappa shape index (κ2) is 3.24. The molecule has 1 aromatic rings. The lowest BCUT2D eigenvalue weighted by Crippen LogP contribution is -2.65. The van der Waals surface area contributed by atoms with Crippen molar-refractivity contribution in [3.8, 4) is 0 Å². The van der Waals surface area contributed by atoms with Crippen molar-refractivity contribution < 1.29 is 14.1 Å². The lowest BCUT2D eigenvalue weighted by molar-refractivity contribution is -0.909. The Hall–Kier alpha value is -2.02. The van der Waals surface area contributed by atoms with Crippen LogP contribution < -0.4 is 11.1 Å². The van der Waals surface area contributed by atoms with Gasteiger partial charge >= 0.3 is 5.91 Å². The van der Waals surface area contributed by atoms with Crippen LogP contribution in [0.2, 0.25) is 0 Å². The first-order chi connectivity index (χ1) is 7.81. The molecule has 1 aliphatic rings. The van der Waals surface area contributed by atoms with E-state index in [1.54, 1.807) is 21.1 Å². The number of nitrogens with two attached hydrogens (primary N) is 1. The number of likely N-dealkylation sites (N-methyl/N-ethyl adjacent to an activating group) is 1. The molecule has 3 N–H and O–H groups in total. The van der Waals surface area contributed by atoms with Gasteiger partial charge in [-0.1, -0.05) is 0 Å². The molecule has 7 nitrogen and oxygen atoms in total. The lowest BCUT2D eigenvalue weighted by atomic mass is 9.89. The van der Waals surface area contributed by atoms with Crippen LogP contribution in [-0.2, 0) is 15.1 Å². The summed E-state index contributed by atoms with van der Waals surface area (Å²) < 4.78 is 0.0501. The molecule has 2 heterocycles. The topological polar surface area (TPSA) is 98.0 Å². The van der Waals surface area contributed by atoms with E-state index in [1.807, 2.05) is 0 Å². The minimum atomic E-state index is -1.48. The van der Waals surface area contributed by atoms with Gasteiger partial charge in [-0.15, -0.1) is 0 Å². The molecule has 7 heteroatoms. The van der Waals surface area contributed by atoms with Gasteiger partial charge in [-0.05, 0) is 0 Å². The number of rotatable bonds is 2. The highest BCUT2D eigenvalue weighted by Gasteiger charge is 2.63. The normalized spacial score (nSPS) is 23.1. The van der Waals surface area contributed by atoms with E-state index in [1.165, 1.54) is 12.5 Å². The van der Waals surface area contributed by atoms with E-state index in [2.05, 4.69) is 15.3 Å². The van der Waals surface area contributed by atoms with E-state index in [4.69, 9.17) is 5.73 Å². The molecule has 0 radical (unpaired) electrons. The van der Waals surface area contributed by atoms with Crippen molar-refractivity contribution in [2.75, 3.05) is 26.5 Å². The quantitative estimate of drug-likeness (QED) is 0.498. The number of carbonyl (C=O) groups is 2. The standard InChI is InChI=1S/C10H13N5O2/c1-15(2,3)10(8(11)16)6-4-12-5-13-7(6)14-9(10)17/h4-5H,1-3H3,(H2-,11,12,13,14,16,17)/p+1. The van der Waals surface area contributed by atoms with Crippen molar-refractivity contribution in [1.29, 1.82) is 0 Å². The van der Waals surface area contributed by atoms with Crippen molar-refractivity contribution in [3.63, 3.8) is 0 Å². The fraction of sp³-hybridized carbons (Fsp3) is 0.400. The van der Waals surface area contributed by atoms with Gasteiger partial charge in [0.2, 0.25) is 0 Å². The first kappa shape index (κ1) is 11.5. The molecule has 1 unspecified atom stereocenters. The molecular formula is C10H14N5O2+. The van der Waals surface area contributed by atoms with Crippen LogP contribution in [0.5, 0.6) is 0 Å². The molecule has 2 amide bonds. The Morgan fingerprint density at radius 2 is 2.12 bits per heavy atom. The van der Waals surface area contributed by atoms with Crippen LogP contribution >= 0.6 is 0 Å². The summed E-state index contributed by atoms with van der Waals surface area (Å²) in [6.07, 6.45) is 2.76. The number of aromatic nitrogens is 2. The second-order valence-electron chi connectivity index (χ2n) is 4.83. The van der Waals surface area contributed by atoms with Crippen molar-refractivity contribution in [2.24, 2.45) is 5.73 Å². The van der Waals surface area contributed by atoms with Crippen molar-refractivity contribution in [3.05, 3.63) is 18.1 Å². The average Bonchev–Trinajstić information content (AvgIpc) is 2.49. The number of nitrogens with one attached hydrogen (secondary N) is 1. The van der Waals surface area contributed by atoms with Crippen LogP contribution in [0, 0.1) is 0 Å². The molecule has 0 saturated carbocycles. The molecule has 1 atom stereocenters. The summed E-state index contributed by atoms with van der Waals surface area (Å²) in [6, 6.07) is 0. The summed E-state index contributed by atoms with van der Waals surface area (Å²) in [6.45, 7) is 0. The largest absolute Gasteiger partial charge is 0.363 e. The van der Waals surface area contributed by atoms with E-state index < -0.39 is 17.4 Å². The van der Waals surface area contributed by atoms with E-state index in [0.717, 1.165) is 0 Å². The predicted molar refractivity (Wildman–Crippen MR) is 59.6 cm³/mol. The van der Waals surface area contributed by atoms with E-state index >= 15 is 0 Å². The van der Waals surface area contributed by atoms with Crippen LogP contribution in [0.25, 0.3) is 0 Å². The molecule has 0 fully saturated rings. The average molecular weight is 236 g/mol. The van der Waals surface area contributed by atoms with E-state index in [9.17, 15) is 9.59 Å². The molecule has 2 rings (SSSR count). The predicted octanol–water partition coefficient (Wildman–Crippen LogP) is -1.18. The zero-order valence-electron chi connectivity index (χ0n) is 9.89. The lowest BCUT2D eigenvalue weighted by Gasteiger charge is -2.38. The van der Waals surface area contributed by atoms with Crippen molar-refractivity contribution in [1.82, 2.24) is 9.97 Å². The van der Waals surface area contributed by atoms with Crippen molar-refractivity contribution in [2.45, 2.75) is 5.54 Å². The molecule has 0 saturated heterocycles. The maximum atomic E-state index is 12.1. The third-order valence-electron chi connectivity index (χ3n) is 3.03. The highest BCUT2D eigenvalue weighted by Crippen LogP contribution is 2.40. The molecular weight excluding hydrogens is 222 g/mol. The van der Waals surface area contributed by atoms with Crippen LogP contribution in [-0.4, -0.2) is 47.4 Å². The number of hydrogen-bond acceptors (Lipinski definition) is 4. The summed E-state index contributed by atoms with van der Waals surface area (Å²) in [4.78, 5) is 31.8. The van der Waals surface area contributed by atoms with Crippen LogP contribution in [0.3, 0.4) is 0 Å². The van der Waals surface area contributed by atoms with Gasteiger partial charge in [0.1, 0.15) is 12.1 Å². The summed E-state index contributed by atoms with van der Waals surface area (Å²) in [5, 5.41) is 2.57. The SMILES string of the molecule is C[N+](C)(C)C1(C(N)=O)C(=O)Nc2ncncc21. The number of hydrogen-bond donors (Lipinski definition) is 2. The third kappa shape index (κ3) is 1.26.